The number of rotatable bonds is 53. The summed E-state index contributed by atoms with van der Waals surface area (Å²) in [6.45, 7) is 6.57. The lowest BCUT2D eigenvalue weighted by Gasteiger charge is -2.18. The molecule has 0 aliphatic carbocycles. The van der Waals surface area contributed by atoms with Crippen molar-refractivity contribution in [3.63, 3.8) is 0 Å². The van der Waals surface area contributed by atoms with E-state index >= 15 is 0 Å². The van der Waals surface area contributed by atoms with E-state index in [1.54, 1.807) is 0 Å². The first-order chi connectivity index (χ1) is 34.0. The molecule has 6 nitrogen and oxygen atoms in total. The Morgan fingerprint density at radius 2 is 0.522 bits per heavy atom. The van der Waals surface area contributed by atoms with Gasteiger partial charge in [0.2, 0.25) is 0 Å². The number of unbranched alkanes of at least 4 members (excludes halogenated alkanes) is 30. The molecule has 0 aliphatic rings. The Morgan fingerprint density at radius 1 is 0.290 bits per heavy atom. The highest BCUT2D eigenvalue weighted by atomic mass is 16.6. The van der Waals surface area contributed by atoms with Crippen LogP contribution in [-0.4, -0.2) is 37.2 Å². The molecule has 398 valence electrons. The van der Waals surface area contributed by atoms with Crippen LogP contribution in [0, 0.1) is 0 Å². The molecule has 0 fully saturated rings. The van der Waals surface area contributed by atoms with Crippen LogP contribution in [0.5, 0.6) is 0 Å². The molecule has 0 aromatic heterocycles. The molecule has 6 heteroatoms. The van der Waals surface area contributed by atoms with Gasteiger partial charge in [0.15, 0.2) is 6.10 Å². The van der Waals surface area contributed by atoms with E-state index in [4.69, 9.17) is 14.2 Å². The number of carbonyl (C=O) groups excluding carboxylic acids is 3. The molecular weight excluding hydrogens is 853 g/mol. The van der Waals surface area contributed by atoms with Crippen LogP contribution in [0.15, 0.2) is 72.9 Å². The van der Waals surface area contributed by atoms with Crippen molar-refractivity contribution in [1.82, 2.24) is 0 Å². The lowest BCUT2D eigenvalue weighted by molar-refractivity contribution is -0.167. The Morgan fingerprint density at radius 3 is 0.870 bits per heavy atom. The first-order valence-electron chi connectivity index (χ1n) is 29.4. The van der Waals surface area contributed by atoms with Crippen LogP contribution in [0.25, 0.3) is 0 Å². The lowest BCUT2D eigenvalue weighted by Crippen LogP contribution is -2.30. The molecule has 0 unspecified atom stereocenters. The van der Waals surface area contributed by atoms with Gasteiger partial charge < -0.3 is 14.2 Å². The summed E-state index contributed by atoms with van der Waals surface area (Å²) in [5.41, 5.74) is 0. The summed E-state index contributed by atoms with van der Waals surface area (Å²) in [5.74, 6) is -0.932. The topological polar surface area (TPSA) is 78.9 Å². The molecule has 0 aromatic rings. The van der Waals surface area contributed by atoms with E-state index in [9.17, 15) is 14.4 Å². The van der Waals surface area contributed by atoms with Crippen LogP contribution in [0.1, 0.15) is 290 Å². The van der Waals surface area contributed by atoms with Gasteiger partial charge in [-0.1, -0.05) is 248 Å². The highest BCUT2D eigenvalue weighted by Gasteiger charge is 2.19. The van der Waals surface area contributed by atoms with Gasteiger partial charge >= 0.3 is 17.9 Å². The third-order valence-electron chi connectivity index (χ3n) is 12.7. The van der Waals surface area contributed by atoms with Crippen molar-refractivity contribution in [3.8, 4) is 0 Å². The molecule has 0 bridgehead atoms. The molecular formula is C63H110O6. The monoisotopic (exact) mass is 963 g/mol. The van der Waals surface area contributed by atoms with E-state index < -0.39 is 6.10 Å². The molecule has 0 radical (unpaired) electrons. The number of carbonyl (C=O) groups is 3. The fraction of sp³-hybridized carbons (Fsp3) is 0.762. The Hall–Kier alpha value is -3.15. The predicted molar refractivity (Wildman–Crippen MR) is 298 cm³/mol. The Kier molecular flexibility index (Phi) is 54.8. The number of allylic oxidation sites excluding steroid dienone is 12. The van der Waals surface area contributed by atoms with Crippen LogP contribution in [-0.2, 0) is 28.6 Å². The third-order valence-corrected chi connectivity index (χ3v) is 12.7. The summed E-state index contributed by atoms with van der Waals surface area (Å²) < 4.78 is 16.8. The van der Waals surface area contributed by atoms with Gasteiger partial charge in [0.05, 0.1) is 0 Å². The van der Waals surface area contributed by atoms with E-state index in [0.717, 1.165) is 89.9 Å². The Bertz CT molecular complexity index is 1290. The zero-order chi connectivity index (χ0) is 50.0. The minimum atomic E-state index is -0.795. The first kappa shape index (κ1) is 65.8. The summed E-state index contributed by atoms with van der Waals surface area (Å²) in [6, 6.07) is 0. The SMILES string of the molecule is CCCCC/C=C\C/C=C\C/C=C\CCCCCCCCC(=O)OC[C@@H](COC(=O)CCCC/C=C\C/C=C\C/C=C\CCCCC)OC(=O)CCCCCCCCCCCCCCCCCCC. The fourth-order valence-electron chi connectivity index (χ4n) is 8.22. The Labute approximate surface area is 427 Å². The average Bonchev–Trinajstić information content (AvgIpc) is 3.35. The molecule has 0 spiro atoms. The summed E-state index contributed by atoms with van der Waals surface area (Å²) in [6.07, 6.45) is 73.2. The van der Waals surface area contributed by atoms with Gasteiger partial charge in [-0.15, -0.1) is 0 Å². The fourth-order valence-corrected chi connectivity index (χ4v) is 8.22. The summed E-state index contributed by atoms with van der Waals surface area (Å²) in [4.78, 5) is 38.2. The van der Waals surface area contributed by atoms with Gasteiger partial charge in [-0.2, -0.15) is 0 Å². The normalized spacial score (nSPS) is 12.6. The van der Waals surface area contributed by atoms with Crippen molar-refractivity contribution < 1.29 is 28.6 Å². The number of hydrogen-bond acceptors (Lipinski definition) is 6. The quantitative estimate of drug-likeness (QED) is 0.0262. The molecule has 0 heterocycles. The molecule has 0 saturated carbocycles. The molecule has 0 N–H and O–H groups in total. The van der Waals surface area contributed by atoms with Gasteiger partial charge in [-0.25, -0.2) is 0 Å². The summed E-state index contributed by atoms with van der Waals surface area (Å²) in [5, 5.41) is 0. The molecule has 0 amide bonds. The van der Waals surface area contributed by atoms with Crippen LogP contribution < -0.4 is 0 Å². The van der Waals surface area contributed by atoms with Gasteiger partial charge in [0.1, 0.15) is 13.2 Å². The second-order valence-electron chi connectivity index (χ2n) is 19.6. The maximum Gasteiger partial charge on any atom is 0.306 e. The van der Waals surface area contributed by atoms with Crippen molar-refractivity contribution in [3.05, 3.63) is 72.9 Å². The zero-order valence-corrected chi connectivity index (χ0v) is 45.6. The van der Waals surface area contributed by atoms with Gasteiger partial charge in [0.25, 0.3) is 0 Å². The minimum Gasteiger partial charge on any atom is -0.462 e. The minimum absolute atomic E-state index is 0.0924. The largest absolute Gasteiger partial charge is 0.462 e. The van der Waals surface area contributed by atoms with E-state index in [-0.39, 0.29) is 31.1 Å². The van der Waals surface area contributed by atoms with E-state index in [1.807, 2.05) is 0 Å². The van der Waals surface area contributed by atoms with Crippen LogP contribution in [0.2, 0.25) is 0 Å². The average molecular weight is 964 g/mol. The molecule has 69 heavy (non-hydrogen) atoms. The first-order valence-corrected chi connectivity index (χ1v) is 29.4. The third kappa shape index (κ3) is 55.6. The zero-order valence-electron chi connectivity index (χ0n) is 45.6. The van der Waals surface area contributed by atoms with Crippen molar-refractivity contribution in [2.45, 2.75) is 297 Å². The van der Waals surface area contributed by atoms with Gasteiger partial charge in [-0.3, -0.25) is 14.4 Å². The van der Waals surface area contributed by atoms with E-state index in [0.29, 0.717) is 19.3 Å². The van der Waals surface area contributed by atoms with Crippen LogP contribution in [0.3, 0.4) is 0 Å². The maximum atomic E-state index is 12.9. The summed E-state index contributed by atoms with van der Waals surface area (Å²) in [7, 11) is 0. The van der Waals surface area contributed by atoms with Gasteiger partial charge in [-0.05, 0) is 96.3 Å². The molecule has 0 rings (SSSR count). The van der Waals surface area contributed by atoms with Crippen molar-refractivity contribution in [2.24, 2.45) is 0 Å². The second kappa shape index (κ2) is 57.4. The number of esters is 3. The van der Waals surface area contributed by atoms with Crippen LogP contribution >= 0.6 is 0 Å². The predicted octanol–water partition coefficient (Wildman–Crippen LogP) is 19.8. The number of ether oxygens (including phenoxy) is 3. The molecule has 0 saturated heterocycles. The van der Waals surface area contributed by atoms with E-state index in [2.05, 4.69) is 93.7 Å². The number of hydrogen-bond donors (Lipinski definition) is 0. The molecule has 0 aliphatic heterocycles. The van der Waals surface area contributed by atoms with Crippen LogP contribution in [0.4, 0.5) is 0 Å². The van der Waals surface area contributed by atoms with Crippen molar-refractivity contribution in [2.75, 3.05) is 13.2 Å². The summed E-state index contributed by atoms with van der Waals surface area (Å²) >= 11 is 0. The van der Waals surface area contributed by atoms with E-state index in [1.165, 1.54) is 161 Å². The van der Waals surface area contributed by atoms with Crippen molar-refractivity contribution >= 4 is 17.9 Å². The lowest BCUT2D eigenvalue weighted by atomic mass is 10.0. The smallest absolute Gasteiger partial charge is 0.306 e. The standard InChI is InChI=1S/C63H110O6/c1-4-7-10-13-16-19-22-25-28-30-31-33-35-38-41-44-47-50-53-56-62(65)68-59-60(58-67-61(64)55-52-49-46-43-40-37-34-27-24-21-18-15-12-9-6-3)69-63(66)57-54-51-48-45-42-39-36-32-29-26-23-20-17-14-11-8-5-2/h16,18-19,21,25,27-28,31,33-34,40,43,60H,4-15,17,20,22-24,26,29-30,32,35-39,41-42,44-59H2,1-3H3/b19-16-,21-18-,28-25-,33-31-,34-27-,43-40-/t60-/m1/s1. The Balaban J connectivity index is 4.43. The van der Waals surface area contributed by atoms with Crippen molar-refractivity contribution in [1.29, 1.82) is 0 Å². The maximum absolute atomic E-state index is 12.9. The van der Waals surface area contributed by atoms with Gasteiger partial charge in [0, 0.05) is 19.3 Å². The highest BCUT2D eigenvalue weighted by Crippen LogP contribution is 2.16. The molecule has 1 atom stereocenters. The highest BCUT2D eigenvalue weighted by molar-refractivity contribution is 5.71. The second-order valence-corrected chi connectivity index (χ2v) is 19.6. The molecule has 0 aromatic carbocycles.